The van der Waals surface area contributed by atoms with Crippen molar-refractivity contribution in [1.82, 2.24) is 9.88 Å². The summed E-state index contributed by atoms with van der Waals surface area (Å²) in [6, 6.07) is 5.74. The van der Waals surface area contributed by atoms with Gasteiger partial charge in [0.2, 0.25) is 0 Å². The summed E-state index contributed by atoms with van der Waals surface area (Å²) in [6.45, 7) is 5.69. The molecule has 1 atom stereocenters. The summed E-state index contributed by atoms with van der Waals surface area (Å²) in [6.07, 6.45) is 0.318. The first-order chi connectivity index (χ1) is 7.24. The fraction of sp³-hybridized carbons (Fsp3) is 0.545. The van der Waals surface area contributed by atoms with Gasteiger partial charge in [-0.2, -0.15) is 0 Å². The van der Waals surface area contributed by atoms with Gasteiger partial charge in [-0.15, -0.1) is 0 Å². The maximum atomic E-state index is 5.84. The maximum Gasteiger partial charge on any atom is 0.129 e. The Morgan fingerprint density at radius 3 is 3.20 bits per heavy atom. The number of aromatic nitrogens is 1. The number of nitrogens with zero attached hydrogens (tertiary/aromatic N) is 2. The lowest BCUT2D eigenvalue weighted by molar-refractivity contribution is -0.0215. The Labute approximate surface area is 95.0 Å². The molecular weight excluding hydrogens is 212 g/mol. The molecule has 0 bridgehead atoms. The maximum absolute atomic E-state index is 5.84. The molecule has 3 nitrogen and oxygen atoms in total. The van der Waals surface area contributed by atoms with Gasteiger partial charge in [0, 0.05) is 19.6 Å². The molecule has 0 spiro atoms. The SMILES string of the molecule is C[C@H]1CN(Cc2cccc(Cl)n2)CCO1. The van der Waals surface area contributed by atoms with Crippen LogP contribution in [0.2, 0.25) is 5.15 Å². The Morgan fingerprint density at radius 2 is 2.47 bits per heavy atom. The van der Waals surface area contributed by atoms with Gasteiger partial charge in [0.1, 0.15) is 5.15 Å². The number of hydrogen-bond acceptors (Lipinski definition) is 3. The Bertz CT molecular complexity index is 332. The molecule has 0 unspecified atom stereocenters. The molecule has 4 heteroatoms. The zero-order chi connectivity index (χ0) is 10.7. The second-order valence-electron chi connectivity index (χ2n) is 3.87. The summed E-state index contributed by atoms with van der Waals surface area (Å²) in [5.74, 6) is 0. The Kier molecular flexibility index (Phi) is 3.57. The lowest BCUT2D eigenvalue weighted by atomic mass is 10.2. The first-order valence-electron chi connectivity index (χ1n) is 5.19. The van der Waals surface area contributed by atoms with Gasteiger partial charge in [-0.25, -0.2) is 4.98 Å². The monoisotopic (exact) mass is 226 g/mol. The minimum Gasteiger partial charge on any atom is -0.376 e. The summed E-state index contributed by atoms with van der Waals surface area (Å²) >= 11 is 5.84. The molecule has 0 saturated carbocycles. The first kappa shape index (κ1) is 10.9. The lowest BCUT2D eigenvalue weighted by Crippen LogP contribution is -2.40. The van der Waals surface area contributed by atoms with E-state index >= 15 is 0 Å². The topological polar surface area (TPSA) is 25.4 Å². The minimum absolute atomic E-state index is 0.318. The second-order valence-corrected chi connectivity index (χ2v) is 4.26. The molecule has 1 aliphatic rings. The van der Waals surface area contributed by atoms with Gasteiger partial charge in [0.25, 0.3) is 0 Å². The third-order valence-electron chi connectivity index (χ3n) is 2.48. The van der Waals surface area contributed by atoms with Crippen LogP contribution in [0.25, 0.3) is 0 Å². The molecule has 82 valence electrons. The average molecular weight is 227 g/mol. The predicted octanol–water partition coefficient (Wildman–Crippen LogP) is 1.96. The van der Waals surface area contributed by atoms with Crippen LogP contribution in [0.15, 0.2) is 18.2 Å². The summed E-state index contributed by atoms with van der Waals surface area (Å²) in [7, 11) is 0. The largest absolute Gasteiger partial charge is 0.376 e. The highest BCUT2D eigenvalue weighted by atomic mass is 35.5. The van der Waals surface area contributed by atoms with Gasteiger partial charge < -0.3 is 4.74 Å². The summed E-state index contributed by atoms with van der Waals surface area (Å²) < 4.78 is 5.48. The van der Waals surface area contributed by atoms with Crippen LogP contribution in [-0.4, -0.2) is 35.7 Å². The molecule has 0 aliphatic carbocycles. The second kappa shape index (κ2) is 4.92. The van der Waals surface area contributed by atoms with E-state index in [1.807, 2.05) is 12.1 Å². The molecule has 0 N–H and O–H groups in total. The molecule has 2 rings (SSSR count). The average Bonchev–Trinajstić information content (AvgIpc) is 2.17. The summed E-state index contributed by atoms with van der Waals surface area (Å²) in [5.41, 5.74) is 1.02. The Balaban J connectivity index is 1.96. The van der Waals surface area contributed by atoms with Crippen molar-refractivity contribution in [3.8, 4) is 0 Å². The van der Waals surface area contributed by atoms with Crippen LogP contribution in [0, 0.1) is 0 Å². The molecule has 0 amide bonds. The van der Waals surface area contributed by atoms with E-state index in [-0.39, 0.29) is 0 Å². The number of ether oxygens (including phenoxy) is 1. The van der Waals surface area contributed by atoms with Crippen molar-refractivity contribution in [2.75, 3.05) is 19.7 Å². The van der Waals surface area contributed by atoms with E-state index in [2.05, 4.69) is 16.8 Å². The molecular formula is C11H15ClN2O. The zero-order valence-electron chi connectivity index (χ0n) is 8.82. The number of hydrogen-bond donors (Lipinski definition) is 0. The molecule has 2 heterocycles. The van der Waals surface area contributed by atoms with Crippen LogP contribution >= 0.6 is 11.6 Å². The van der Waals surface area contributed by atoms with Crippen LogP contribution in [0.4, 0.5) is 0 Å². The predicted molar refractivity (Wildman–Crippen MR) is 59.9 cm³/mol. The van der Waals surface area contributed by atoms with Crippen molar-refractivity contribution in [3.63, 3.8) is 0 Å². The van der Waals surface area contributed by atoms with E-state index < -0.39 is 0 Å². The summed E-state index contributed by atoms with van der Waals surface area (Å²) in [4.78, 5) is 6.62. The van der Waals surface area contributed by atoms with Crippen LogP contribution in [0.3, 0.4) is 0 Å². The number of halogens is 1. The van der Waals surface area contributed by atoms with E-state index in [1.165, 1.54) is 0 Å². The van der Waals surface area contributed by atoms with Crippen molar-refractivity contribution in [2.45, 2.75) is 19.6 Å². The molecule has 0 aromatic carbocycles. The van der Waals surface area contributed by atoms with Gasteiger partial charge in [-0.3, -0.25) is 4.90 Å². The van der Waals surface area contributed by atoms with Crippen LogP contribution in [0.5, 0.6) is 0 Å². The van der Waals surface area contributed by atoms with Gasteiger partial charge in [-0.1, -0.05) is 17.7 Å². The van der Waals surface area contributed by atoms with Crippen molar-refractivity contribution < 1.29 is 4.74 Å². The minimum atomic E-state index is 0.318. The van der Waals surface area contributed by atoms with Crippen molar-refractivity contribution in [2.24, 2.45) is 0 Å². The Morgan fingerprint density at radius 1 is 1.60 bits per heavy atom. The fourth-order valence-corrected chi connectivity index (χ4v) is 1.98. The quantitative estimate of drug-likeness (QED) is 0.721. The third-order valence-corrected chi connectivity index (χ3v) is 2.69. The molecule has 15 heavy (non-hydrogen) atoms. The molecule has 1 aromatic rings. The highest BCUT2D eigenvalue weighted by molar-refractivity contribution is 6.29. The van der Waals surface area contributed by atoms with Crippen molar-refractivity contribution >= 4 is 11.6 Å². The van der Waals surface area contributed by atoms with Gasteiger partial charge in [0.15, 0.2) is 0 Å². The highest BCUT2D eigenvalue weighted by Crippen LogP contribution is 2.10. The number of rotatable bonds is 2. The molecule has 1 aromatic heterocycles. The fourth-order valence-electron chi connectivity index (χ4n) is 1.80. The zero-order valence-corrected chi connectivity index (χ0v) is 9.57. The van der Waals surface area contributed by atoms with Crippen molar-refractivity contribution in [1.29, 1.82) is 0 Å². The van der Waals surface area contributed by atoms with E-state index in [9.17, 15) is 0 Å². The van der Waals surface area contributed by atoms with E-state index in [0.29, 0.717) is 11.3 Å². The third kappa shape index (κ3) is 3.16. The van der Waals surface area contributed by atoms with E-state index in [4.69, 9.17) is 16.3 Å². The van der Waals surface area contributed by atoms with Gasteiger partial charge in [0.05, 0.1) is 18.4 Å². The highest BCUT2D eigenvalue weighted by Gasteiger charge is 2.16. The van der Waals surface area contributed by atoms with Crippen molar-refractivity contribution in [3.05, 3.63) is 29.0 Å². The molecule has 0 radical (unpaired) electrons. The number of morpholine rings is 1. The van der Waals surface area contributed by atoms with Gasteiger partial charge >= 0.3 is 0 Å². The number of pyridine rings is 1. The smallest absolute Gasteiger partial charge is 0.129 e. The molecule has 1 aliphatic heterocycles. The first-order valence-corrected chi connectivity index (χ1v) is 5.57. The van der Waals surface area contributed by atoms with E-state index in [0.717, 1.165) is 31.9 Å². The normalized spacial score (nSPS) is 22.9. The Hall–Kier alpha value is -0.640. The standard InChI is InChI=1S/C11H15ClN2O/c1-9-7-14(5-6-15-9)8-10-3-2-4-11(12)13-10/h2-4,9H,5-8H2,1H3/t9-/m0/s1. The molecule has 1 fully saturated rings. The van der Waals surface area contributed by atoms with Crippen LogP contribution in [-0.2, 0) is 11.3 Å². The lowest BCUT2D eigenvalue weighted by Gasteiger charge is -2.30. The summed E-state index contributed by atoms with van der Waals surface area (Å²) in [5, 5.41) is 0.564. The van der Waals surface area contributed by atoms with Gasteiger partial charge in [-0.05, 0) is 19.1 Å². The van der Waals surface area contributed by atoms with E-state index in [1.54, 1.807) is 6.07 Å². The van der Waals surface area contributed by atoms with Crippen LogP contribution in [0.1, 0.15) is 12.6 Å². The van der Waals surface area contributed by atoms with Crippen LogP contribution < -0.4 is 0 Å². The molecule has 1 saturated heterocycles.